The van der Waals surface area contributed by atoms with Gasteiger partial charge in [-0.2, -0.15) is 0 Å². The molecule has 1 atom stereocenters. The van der Waals surface area contributed by atoms with E-state index in [0.717, 1.165) is 17.8 Å². The second kappa shape index (κ2) is 14.8. The van der Waals surface area contributed by atoms with Crippen molar-refractivity contribution in [3.63, 3.8) is 0 Å². The van der Waals surface area contributed by atoms with Crippen molar-refractivity contribution in [3.8, 4) is 11.1 Å². The Morgan fingerprint density at radius 2 is 1.11 bits per heavy atom. The van der Waals surface area contributed by atoms with Crippen LogP contribution in [0.5, 0.6) is 0 Å². The van der Waals surface area contributed by atoms with Crippen molar-refractivity contribution >= 4 is 5.57 Å². The number of unbranched alkanes of at least 4 members (excludes halogenated alkanes) is 6. The first-order valence-corrected chi connectivity index (χ1v) is 15.7. The number of hydrogen-bond donors (Lipinski definition) is 0. The predicted octanol–water partition coefficient (Wildman–Crippen LogP) is 11.8. The zero-order chi connectivity index (χ0) is 25.0. The molecular formula is C36H52. The zero-order valence-corrected chi connectivity index (χ0v) is 23.4. The summed E-state index contributed by atoms with van der Waals surface area (Å²) in [6, 6.07) is 19.0. The van der Waals surface area contributed by atoms with E-state index in [4.69, 9.17) is 0 Å². The highest BCUT2D eigenvalue weighted by molar-refractivity contribution is 5.71. The summed E-state index contributed by atoms with van der Waals surface area (Å²) in [4.78, 5) is 0. The van der Waals surface area contributed by atoms with Crippen molar-refractivity contribution in [1.29, 1.82) is 0 Å². The smallest absolute Gasteiger partial charge is 0.0162 e. The van der Waals surface area contributed by atoms with E-state index in [1.807, 2.05) is 0 Å². The van der Waals surface area contributed by atoms with Gasteiger partial charge >= 0.3 is 0 Å². The highest BCUT2D eigenvalue weighted by Crippen LogP contribution is 2.38. The number of rotatable bonds is 13. The molecule has 1 fully saturated rings. The molecule has 0 N–H and O–H groups in total. The topological polar surface area (TPSA) is 0 Å². The van der Waals surface area contributed by atoms with Crippen molar-refractivity contribution < 1.29 is 0 Å². The molecule has 0 aliphatic heterocycles. The molecule has 2 aliphatic rings. The van der Waals surface area contributed by atoms with Gasteiger partial charge in [-0.15, -0.1) is 0 Å². The Bertz CT molecular complexity index is 892. The molecule has 4 rings (SSSR count). The Balaban J connectivity index is 1.24. The summed E-state index contributed by atoms with van der Waals surface area (Å²) in [6.07, 6.45) is 26.3. The summed E-state index contributed by atoms with van der Waals surface area (Å²) < 4.78 is 0. The van der Waals surface area contributed by atoms with Crippen LogP contribution in [0.3, 0.4) is 0 Å². The van der Waals surface area contributed by atoms with Crippen LogP contribution in [-0.2, 0) is 0 Å². The fraction of sp³-hybridized carbons (Fsp3) is 0.611. The van der Waals surface area contributed by atoms with E-state index in [1.165, 1.54) is 126 Å². The minimum absolute atomic E-state index is 0.780. The van der Waals surface area contributed by atoms with Crippen molar-refractivity contribution in [2.24, 2.45) is 11.8 Å². The molecule has 0 spiro atoms. The van der Waals surface area contributed by atoms with Crippen molar-refractivity contribution in [3.05, 3.63) is 65.7 Å². The van der Waals surface area contributed by atoms with Gasteiger partial charge in [-0.1, -0.05) is 133 Å². The normalized spacial score (nSPS) is 22.4. The molecule has 0 aromatic heterocycles. The van der Waals surface area contributed by atoms with Crippen molar-refractivity contribution in [1.82, 2.24) is 0 Å². The van der Waals surface area contributed by atoms with E-state index in [2.05, 4.69) is 68.5 Å². The first kappa shape index (κ1) is 27.2. The molecule has 1 saturated carbocycles. The molecule has 36 heavy (non-hydrogen) atoms. The lowest BCUT2D eigenvalue weighted by Gasteiger charge is -2.29. The van der Waals surface area contributed by atoms with Gasteiger partial charge in [0.25, 0.3) is 0 Å². The molecule has 0 heterocycles. The largest absolute Gasteiger partial charge is 0.0804 e. The van der Waals surface area contributed by atoms with Gasteiger partial charge in [-0.3, -0.25) is 0 Å². The summed E-state index contributed by atoms with van der Waals surface area (Å²) in [5.74, 6) is 2.69. The van der Waals surface area contributed by atoms with Crippen LogP contribution in [0.1, 0.15) is 140 Å². The Kier molecular flexibility index (Phi) is 11.2. The maximum Gasteiger partial charge on any atom is -0.0162 e. The van der Waals surface area contributed by atoms with Crippen LogP contribution >= 0.6 is 0 Å². The number of allylic oxidation sites excluding steroid dienone is 2. The quantitative estimate of drug-likeness (QED) is 0.248. The third-order valence-electron chi connectivity index (χ3n) is 9.27. The maximum atomic E-state index is 2.54. The Morgan fingerprint density at radius 1 is 0.556 bits per heavy atom. The molecule has 2 aliphatic carbocycles. The fourth-order valence-corrected chi connectivity index (χ4v) is 6.74. The van der Waals surface area contributed by atoms with Crippen molar-refractivity contribution in [2.45, 2.75) is 129 Å². The molecule has 0 heteroatoms. The lowest BCUT2D eigenvalue weighted by molar-refractivity contribution is 0.303. The second-order valence-corrected chi connectivity index (χ2v) is 12.0. The zero-order valence-electron chi connectivity index (χ0n) is 23.4. The van der Waals surface area contributed by atoms with Crippen LogP contribution in [0.25, 0.3) is 16.7 Å². The molecule has 0 radical (unpaired) electrons. The van der Waals surface area contributed by atoms with Gasteiger partial charge in [0.1, 0.15) is 0 Å². The summed E-state index contributed by atoms with van der Waals surface area (Å²) >= 11 is 0. The number of benzene rings is 2. The maximum absolute atomic E-state index is 2.54. The van der Waals surface area contributed by atoms with Gasteiger partial charge in [0.2, 0.25) is 0 Å². The molecule has 1 unspecified atom stereocenters. The molecule has 196 valence electrons. The fourth-order valence-electron chi connectivity index (χ4n) is 6.74. The van der Waals surface area contributed by atoms with Crippen LogP contribution < -0.4 is 0 Å². The van der Waals surface area contributed by atoms with Gasteiger partial charge in [-0.05, 0) is 90.5 Å². The summed E-state index contributed by atoms with van der Waals surface area (Å²) in [7, 11) is 0. The molecule has 2 aromatic rings. The molecule has 0 nitrogen and oxygen atoms in total. The van der Waals surface area contributed by atoms with Gasteiger partial charge < -0.3 is 0 Å². The van der Waals surface area contributed by atoms with E-state index in [0.29, 0.717) is 0 Å². The number of hydrogen-bond acceptors (Lipinski definition) is 0. The average molecular weight is 485 g/mol. The highest BCUT2D eigenvalue weighted by atomic mass is 14.3. The third kappa shape index (κ3) is 8.09. The minimum atomic E-state index is 0.780. The van der Waals surface area contributed by atoms with E-state index in [1.54, 1.807) is 11.1 Å². The van der Waals surface area contributed by atoms with Gasteiger partial charge in [0.05, 0.1) is 0 Å². The Hall–Kier alpha value is -1.82. The lowest BCUT2D eigenvalue weighted by atomic mass is 9.77. The highest BCUT2D eigenvalue weighted by Gasteiger charge is 2.22. The molecule has 0 bridgehead atoms. The van der Waals surface area contributed by atoms with E-state index in [-0.39, 0.29) is 0 Å². The summed E-state index contributed by atoms with van der Waals surface area (Å²) in [6.45, 7) is 4.62. The van der Waals surface area contributed by atoms with E-state index < -0.39 is 0 Å². The second-order valence-electron chi connectivity index (χ2n) is 12.0. The van der Waals surface area contributed by atoms with Crippen LogP contribution in [0.2, 0.25) is 0 Å². The molecule has 0 saturated heterocycles. The van der Waals surface area contributed by atoms with Crippen molar-refractivity contribution in [2.75, 3.05) is 0 Å². The van der Waals surface area contributed by atoms with Crippen LogP contribution in [0.15, 0.2) is 54.6 Å². The Labute approximate surface area is 223 Å². The SMILES string of the molecule is CCCCCCCC1CC=C(c2ccc(-c3ccc([C@H]4CC[C@H](CCCCC)CC4)cc3)cc2)CC1. The van der Waals surface area contributed by atoms with Gasteiger partial charge in [0.15, 0.2) is 0 Å². The Morgan fingerprint density at radius 3 is 1.75 bits per heavy atom. The lowest BCUT2D eigenvalue weighted by Crippen LogP contribution is -2.13. The minimum Gasteiger partial charge on any atom is -0.0804 e. The molecule has 2 aromatic carbocycles. The summed E-state index contributed by atoms with van der Waals surface area (Å²) in [5.41, 5.74) is 7.29. The first-order chi connectivity index (χ1) is 17.8. The monoisotopic (exact) mass is 484 g/mol. The molecule has 0 amide bonds. The van der Waals surface area contributed by atoms with E-state index in [9.17, 15) is 0 Å². The van der Waals surface area contributed by atoms with Gasteiger partial charge in [0, 0.05) is 0 Å². The first-order valence-electron chi connectivity index (χ1n) is 15.7. The van der Waals surface area contributed by atoms with Crippen LogP contribution in [0.4, 0.5) is 0 Å². The third-order valence-corrected chi connectivity index (χ3v) is 9.27. The van der Waals surface area contributed by atoms with Crippen LogP contribution in [0, 0.1) is 11.8 Å². The molecular weight excluding hydrogens is 432 g/mol. The predicted molar refractivity (Wildman–Crippen MR) is 159 cm³/mol. The standard InChI is InChI=1S/C36H52/c1-3-5-7-8-10-12-30-15-19-32(20-16-30)34-23-27-36(28-24-34)35-25-21-33(22-26-35)31-17-13-29(14-18-31)11-9-6-4-2/h19,21-31H,3-18,20H2,1-2H3/t29-,30?,31-. The summed E-state index contributed by atoms with van der Waals surface area (Å²) in [5, 5.41) is 0. The van der Waals surface area contributed by atoms with E-state index >= 15 is 0 Å². The van der Waals surface area contributed by atoms with Gasteiger partial charge in [-0.25, -0.2) is 0 Å². The van der Waals surface area contributed by atoms with Crippen LogP contribution in [-0.4, -0.2) is 0 Å². The average Bonchev–Trinajstić information content (AvgIpc) is 2.94.